The molecule has 4 N–H and O–H groups in total. The minimum absolute atomic E-state index is 0.470. The molecule has 0 unspecified atom stereocenters. The Kier molecular flexibility index (Phi) is 3.66. The summed E-state index contributed by atoms with van der Waals surface area (Å²) in [5, 5.41) is 0. The summed E-state index contributed by atoms with van der Waals surface area (Å²) in [6, 6.07) is 3.14. The van der Waals surface area contributed by atoms with E-state index in [1.165, 1.54) is 0 Å². The fourth-order valence-corrected chi connectivity index (χ4v) is 1.96. The van der Waals surface area contributed by atoms with Gasteiger partial charge in [0.15, 0.2) is 0 Å². The summed E-state index contributed by atoms with van der Waals surface area (Å²) < 4.78 is 0. The van der Waals surface area contributed by atoms with E-state index in [2.05, 4.69) is 0 Å². The van der Waals surface area contributed by atoms with Crippen LogP contribution in [0.4, 0.5) is 0 Å². The van der Waals surface area contributed by atoms with E-state index in [1.54, 1.807) is 12.1 Å². The number of benzene rings is 1. The van der Waals surface area contributed by atoms with E-state index in [1.807, 2.05) is 13.8 Å². The molecule has 4 heteroatoms. The van der Waals surface area contributed by atoms with Crippen LogP contribution >= 0.6 is 0 Å². The highest BCUT2D eigenvalue weighted by Gasteiger charge is 2.16. The van der Waals surface area contributed by atoms with Crippen molar-refractivity contribution >= 4 is 11.8 Å². The van der Waals surface area contributed by atoms with Crippen LogP contribution in [0.1, 0.15) is 45.7 Å². The van der Waals surface area contributed by atoms with Gasteiger partial charge >= 0.3 is 0 Å². The molecule has 0 heterocycles. The Hall–Kier alpha value is -1.84. The maximum absolute atomic E-state index is 11.2. The highest BCUT2D eigenvalue weighted by atomic mass is 16.1. The van der Waals surface area contributed by atoms with E-state index >= 15 is 0 Å². The summed E-state index contributed by atoms with van der Waals surface area (Å²) >= 11 is 0. The van der Waals surface area contributed by atoms with Gasteiger partial charge in [0.2, 0.25) is 11.8 Å². The van der Waals surface area contributed by atoms with E-state index in [-0.39, 0.29) is 0 Å². The van der Waals surface area contributed by atoms with Crippen LogP contribution in [0.25, 0.3) is 0 Å². The standard InChI is InChI=1S/C12H16N2O2/c1-3-7-8(4-2)10(12(14)16)6-5-9(7)11(13)15/h5-6H,3-4H2,1-2H3,(H2,13,15)(H2,14,16). The van der Waals surface area contributed by atoms with Gasteiger partial charge in [-0.3, -0.25) is 9.59 Å². The molecular formula is C12H16N2O2. The van der Waals surface area contributed by atoms with Crippen molar-refractivity contribution in [2.24, 2.45) is 11.5 Å². The van der Waals surface area contributed by atoms with Crippen LogP contribution in [-0.4, -0.2) is 11.8 Å². The average Bonchev–Trinajstić information content (AvgIpc) is 2.26. The Bertz CT molecular complexity index is 398. The zero-order chi connectivity index (χ0) is 12.3. The Morgan fingerprint density at radius 2 is 1.25 bits per heavy atom. The molecule has 2 amide bonds. The van der Waals surface area contributed by atoms with Gasteiger partial charge < -0.3 is 11.5 Å². The van der Waals surface area contributed by atoms with Crippen LogP contribution < -0.4 is 11.5 Å². The number of hydrogen-bond acceptors (Lipinski definition) is 2. The smallest absolute Gasteiger partial charge is 0.248 e. The van der Waals surface area contributed by atoms with Gasteiger partial charge in [0, 0.05) is 11.1 Å². The maximum Gasteiger partial charge on any atom is 0.248 e. The number of primary amides is 2. The number of rotatable bonds is 4. The maximum atomic E-state index is 11.2. The van der Waals surface area contributed by atoms with Crippen LogP contribution in [0.3, 0.4) is 0 Å². The van der Waals surface area contributed by atoms with Gasteiger partial charge in [-0.15, -0.1) is 0 Å². The lowest BCUT2D eigenvalue weighted by molar-refractivity contribution is 0.0986. The van der Waals surface area contributed by atoms with Crippen molar-refractivity contribution in [1.82, 2.24) is 0 Å². The molecule has 0 atom stereocenters. The minimum Gasteiger partial charge on any atom is -0.366 e. The van der Waals surface area contributed by atoms with Crippen molar-refractivity contribution in [3.05, 3.63) is 34.4 Å². The van der Waals surface area contributed by atoms with Crippen LogP contribution in [0, 0.1) is 0 Å². The Labute approximate surface area is 94.6 Å². The first-order chi connectivity index (χ1) is 7.52. The fourth-order valence-electron chi connectivity index (χ4n) is 1.96. The summed E-state index contributed by atoms with van der Waals surface area (Å²) in [7, 11) is 0. The lowest BCUT2D eigenvalue weighted by Crippen LogP contribution is -2.19. The number of amides is 2. The molecule has 1 aromatic carbocycles. The largest absolute Gasteiger partial charge is 0.366 e. The van der Waals surface area contributed by atoms with Crippen LogP contribution in [0.5, 0.6) is 0 Å². The molecule has 0 aliphatic rings. The predicted octanol–water partition coefficient (Wildman–Crippen LogP) is 1.01. The highest BCUT2D eigenvalue weighted by molar-refractivity contribution is 5.99. The quantitative estimate of drug-likeness (QED) is 0.793. The normalized spacial score (nSPS) is 10.1. The first-order valence-electron chi connectivity index (χ1n) is 5.27. The molecule has 0 saturated carbocycles. The molecule has 1 aromatic rings. The van der Waals surface area contributed by atoms with Crippen LogP contribution in [0.2, 0.25) is 0 Å². The van der Waals surface area contributed by atoms with Gasteiger partial charge in [-0.25, -0.2) is 0 Å². The van der Waals surface area contributed by atoms with Crippen LogP contribution in [0.15, 0.2) is 12.1 Å². The molecule has 1 rings (SSSR count). The number of carbonyl (C=O) groups excluding carboxylic acids is 2. The number of carbonyl (C=O) groups is 2. The molecule has 0 aromatic heterocycles. The van der Waals surface area contributed by atoms with Crippen molar-refractivity contribution < 1.29 is 9.59 Å². The van der Waals surface area contributed by atoms with Gasteiger partial charge in [0.25, 0.3) is 0 Å². The van der Waals surface area contributed by atoms with E-state index in [0.717, 1.165) is 11.1 Å². The molecule has 0 saturated heterocycles. The number of hydrogen-bond donors (Lipinski definition) is 2. The highest BCUT2D eigenvalue weighted by Crippen LogP contribution is 2.20. The van der Waals surface area contributed by atoms with Crippen molar-refractivity contribution in [3.63, 3.8) is 0 Å². The molecule has 86 valence electrons. The second-order valence-electron chi connectivity index (χ2n) is 3.55. The van der Waals surface area contributed by atoms with Gasteiger partial charge in [-0.2, -0.15) is 0 Å². The molecule has 0 aliphatic carbocycles. The summed E-state index contributed by atoms with van der Waals surface area (Å²) in [6.45, 7) is 3.84. The first kappa shape index (κ1) is 12.2. The van der Waals surface area contributed by atoms with Crippen molar-refractivity contribution in [3.8, 4) is 0 Å². The molecule has 0 fully saturated rings. The van der Waals surface area contributed by atoms with Crippen molar-refractivity contribution in [1.29, 1.82) is 0 Å². The molecule has 0 spiro atoms. The molecule has 0 bridgehead atoms. The Morgan fingerprint density at radius 1 is 0.938 bits per heavy atom. The van der Waals surface area contributed by atoms with Crippen LogP contribution in [-0.2, 0) is 12.8 Å². The monoisotopic (exact) mass is 220 g/mol. The fraction of sp³-hybridized carbons (Fsp3) is 0.333. The van der Waals surface area contributed by atoms with E-state index < -0.39 is 11.8 Å². The molecule has 0 aliphatic heterocycles. The summed E-state index contributed by atoms with van der Waals surface area (Å²) in [4.78, 5) is 22.5. The molecule has 16 heavy (non-hydrogen) atoms. The Balaban J connectivity index is 3.52. The lowest BCUT2D eigenvalue weighted by atomic mass is 9.92. The van der Waals surface area contributed by atoms with Gasteiger partial charge in [0.05, 0.1) is 0 Å². The second kappa shape index (κ2) is 4.79. The predicted molar refractivity (Wildman–Crippen MR) is 62.2 cm³/mol. The molecule has 0 radical (unpaired) electrons. The van der Waals surface area contributed by atoms with Gasteiger partial charge in [-0.05, 0) is 36.1 Å². The third kappa shape index (κ3) is 2.05. The van der Waals surface area contributed by atoms with E-state index in [4.69, 9.17) is 11.5 Å². The summed E-state index contributed by atoms with van der Waals surface area (Å²) in [5.74, 6) is -0.940. The minimum atomic E-state index is -0.470. The Morgan fingerprint density at radius 3 is 1.44 bits per heavy atom. The average molecular weight is 220 g/mol. The number of nitrogens with two attached hydrogens (primary N) is 2. The SMILES string of the molecule is CCc1c(C(N)=O)ccc(C(N)=O)c1CC. The van der Waals surface area contributed by atoms with Crippen molar-refractivity contribution in [2.75, 3.05) is 0 Å². The van der Waals surface area contributed by atoms with Crippen molar-refractivity contribution in [2.45, 2.75) is 26.7 Å². The molecule has 4 nitrogen and oxygen atoms in total. The van der Waals surface area contributed by atoms with Gasteiger partial charge in [-0.1, -0.05) is 13.8 Å². The third-order valence-corrected chi connectivity index (χ3v) is 2.67. The molecular weight excluding hydrogens is 204 g/mol. The lowest BCUT2D eigenvalue weighted by Gasteiger charge is -2.13. The summed E-state index contributed by atoms with van der Waals surface area (Å²) in [5.41, 5.74) is 13.2. The zero-order valence-electron chi connectivity index (χ0n) is 9.54. The third-order valence-electron chi connectivity index (χ3n) is 2.67. The van der Waals surface area contributed by atoms with E-state index in [9.17, 15) is 9.59 Å². The van der Waals surface area contributed by atoms with Gasteiger partial charge in [0.1, 0.15) is 0 Å². The zero-order valence-corrected chi connectivity index (χ0v) is 9.54. The van der Waals surface area contributed by atoms with E-state index in [0.29, 0.717) is 24.0 Å². The summed E-state index contributed by atoms with van der Waals surface area (Å²) in [6.07, 6.45) is 1.31. The second-order valence-corrected chi connectivity index (χ2v) is 3.55. The topological polar surface area (TPSA) is 86.2 Å². The first-order valence-corrected chi connectivity index (χ1v) is 5.27.